The van der Waals surface area contributed by atoms with Gasteiger partial charge in [-0.05, 0) is 49.4 Å². The van der Waals surface area contributed by atoms with Crippen molar-refractivity contribution in [3.05, 3.63) is 36.7 Å². The van der Waals surface area contributed by atoms with Gasteiger partial charge < -0.3 is 9.47 Å². The molecule has 1 unspecified atom stereocenters. The first kappa shape index (κ1) is 20.2. The van der Waals surface area contributed by atoms with Crippen molar-refractivity contribution in [3.63, 3.8) is 0 Å². The lowest BCUT2D eigenvalue weighted by Crippen LogP contribution is -2.02. The van der Waals surface area contributed by atoms with Gasteiger partial charge in [0.25, 0.3) is 0 Å². The molecule has 0 aliphatic rings. The second-order valence-corrected chi connectivity index (χ2v) is 6.83. The van der Waals surface area contributed by atoms with Crippen molar-refractivity contribution >= 4 is 0 Å². The van der Waals surface area contributed by atoms with E-state index in [1.165, 1.54) is 25.7 Å². The zero-order valence-electron chi connectivity index (χ0n) is 16.4. The predicted molar refractivity (Wildman–Crippen MR) is 107 cm³/mol. The second kappa shape index (κ2) is 11.5. The molecule has 2 rings (SSSR count). The third-order valence-electron chi connectivity index (χ3n) is 4.56. The Hall–Kier alpha value is -2.10. The SMILES string of the molecule is CCCCCOc1ccc(-c2ncc(OCCCC(C)CC)cn2)cc1. The minimum atomic E-state index is 0.703. The monoisotopic (exact) mass is 356 g/mol. The molecule has 0 aliphatic heterocycles. The molecular formula is C22H32N2O2. The maximum absolute atomic E-state index is 5.74. The van der Waals surface area contributed by atoms with Crippen molar-refractivity contribution in [3.8, 4) is 22.9 Å². The number of hydrogen-bond acceptors (Lipinski definition) is 4. The summed E-state index contributed by atoms with van der Waals surface area (Å²) in [5, 5.41) is 0. The normalized spacial score (nSPS) is 12.0. The standard InChI is InChI=1S/C22H32N2O2/c1-4-6-7-14-25-20-12-10-19(11-13-20)22-23-16-21(17-24-22)26-15-8-9-18(3)5-2/h10-13,16-18H,4-9,14-15H2,1-3H3. The summed E-state index contributed by atoms with van der Waals surface area (Å²) in [6.45, 7) is 8.19. The zero-order chi connectivity index (χ0) is 18.6. The van der Waals surface area contributed by atoms with E-state index >= 15 is 0 Å². The molecule has 0 radical (unpaired) electrons. The van der Waals surface area contributed by atoms with Crippen LogP contribution in [0, 0.1) is 5.92 Å². The van der Waals surface area contributed by atoms with Gasteiger partial charge in [-0.3, -0.25) is 0 Å². The summed E-state index contributed by atoms with van der Waals surface area (Å²) < 4.78 is 11.5. The van der Waals surface area contributed by atoms with Gasteiger partial charge in [0.15, 0.2) is 11.6 Å². The topological polar surface area (TPSA) is 44.2 Å². The predicted octanol–water partition coefficient (Wildman–Crippen LogP) is 5.92. The highest BCUT2D eigenvalue weighted by Crippen LogP contribution is 2.21. The minimum Gasteiger partial charge on any atom is -0.494 e. The van der Waals surface area contributed by atoms with E-state index in [1.807, 2.05) is 24.3 Å². The van der Waals surface area contributed by atoms with Crippen molar-refractivity contribution in [2.45, 2.75) is 59.3 Å². The Kier molecular flexibility index (Phi) is 8.94. The van der Waals surface area contributed by atoms with Gasteiger partial charge in [-0.1, -0.05) is 40.0 Å². The summed E-state index contributed by atoms with van der Waals surface area (Å²) in [5.41, 5.74) is 0.981. The molecule has 142 valence electrons. The molecule has 1 heterocycles. The van der Waals surface area contributed by atoms with Gasteiger partial charge in [0.1, 0.15) is 5.75 Å². The van der Waals surface area contributed by atoms with Crippen LogP contribution in [0.3, 0.4) is 0 Å². The van der Waals surface area contributed by atoms with E-state index in [0.29, 0.717) is 5.82 Å². The van der Waals surface area contributed by atoms with Crippen LogP contribution in [0.4, 0.5) is 0 Å². The van der Waals surface area contributed by atoms with Gasteiger partial charge in [0.05, 0.1) is 25.6 Å². The van der Waals surface area contributed by atoms with Crippen LogP contribution < -0.4 is 9.47 Å². The third kappa shape index (κ3) is 7.03. The summed E-state index contributed by atoms with van der Waals surface area (Å²) in [5.74, 6) is 3.09. The molecule has 0 bridgehead atoms. The molecule has 0 amide bonds. The Morgan fingerprint density at radius 3 is 2.15 bits per heavy atom. The quantitative estimate of drug-likeness (QED) is 0.443. The molecule has 0 saturated carbocycles. The van der Waals surface area contributed by atoms with E-state index < -0.39 is 0 Å². The van der Waals surface area contributed by atoms with E-state index in [2.05, 4.69) is 30.7 Å². The van der Waals surface area contributed by atoms with Gasteiger partial charge in [-0.2, -0.15) is 0 Å². The molecule has 0 N–H and O–H groups in total. The van der Waals surface area contributed by atoms with Crippen LogP contribution in [0.5, 0.6) is 11.5 Å². The number of aromatic nitrogens is 2. The summed E-state index contributed by atoms with van der Waals surface area (Å²) in [6, 6.07) is 7.95. The van der Waals surface area contributed by atoms with Crippen LogP contribution in [0.2, 0.25) is 0 Å². The molecule has 1 aromatic heterocycles. The van der Waals surface area contributed by atoms with Crippen LogP contribution in [0.15, 0.2) is 36.7 Å². The van der Waals surface area contributed by atoms with Crippen LogP contribution in [0.1, 0.15) is 59.3 Å². The Bertz CT molecular complexity index is 611. The maximum Gasteiger partial charge on any atom is 0.159 e. The number of unbranched alkanes of at least 4 members (excludes halogenated alkanes) is 2. The lowest BCUT2D eigenvalue weighted by atomic mass is 10.0. The second-order valence-electron chi connectivity index (χ2n) is 6.83. The van der Waals surface area contributed by atoms with Crippen molar-refractivity contribution < 1.29 is 9.47 Å². The maximum atomic E-state index is 5.74. The molecule has 0 saturated heterocycles. The molecule has 1 atom stereocenters. The number of rotatable bonds is 12. The lowest BCUT2D eigenvalue weighted by molar-refractivity contribution is 0.292. The lowest BCUT2D eigenvalue weighted by Gasteiger charge is -2.09. The Balaban J connectivity index is 1.80. The first-order chi connectivity index (χ1) is 12.7. The fourth-order valence-electron chi connectivity index (χ4n) is 2.61. The third-order valence-corrected chi connectivity index (χ3v) is 4.56. The van der Waals surface area contributed by atoms with Gasteiger partial charge in [0, 0.05) is 5.56 Å². The van der Waals surface area contributed by atoms with Crippen LogP contribution in [-0.4, -0.2) is 23.2 Å². The van der Waals surface area contributed by atoms with Crippen molar-refractivity contribution in [1.82, 2.24) is 9.97 Å². The van der Waals surface area contributed by atoms with Gasteiger partial charge >= 0.3 is 0 Å². The van der Waals surface area contributed by atoms with E-state index in [-0.39, 0.29) is 0 Å². The van der Waals surface area contributed by atoms with Crippen molar-refractivity contribution in [1.29, 1.82) is 0 Å². The number of hydrogen-bond donors (Lipinski definition) is 0. The number of ether oxygens (including phenoxy) is 2. The highest BCUT2D eigenvalue weighted by atomic mass is 16.5. The van der Waals surface area contributed by atoms with E-state index in [9.17, 15) is 0 Å². The highest BCUT2D eigenvalue weighted by Gasteiger charge is 2.04. The van der Waals surface area contributed by atoms with Crippen molar-refractivity contribution in [2.24, 2.45) is 5.92 Å². The van der Waals surface area contributed by atoms with Crippen LogP contribution in [-0.2, 0) is 0 Å². The average Bonchev–Trinajstić information content (AvgIpc) is 2.69. The molecule has 0 spiro atoms. The highest BCUT2D eigenvalue weighted by molar-refractivity contribution is 5.56. The summed E-state index contributed by atoms with van der Waals surface area (Å²) in [6.07, 6.45) is 10.5. The number of benzene rings is 1. The van der Waals surface area contributed by atoms with Gasteiger partial charge in [0.2, 0.25) is 0 Å². The summed E-state index contributed by atoms with van der Waals surface area (Å²) in [4.78, 5) is 8.84. The molecule has 4 nitrogen and oxygen atoms in total. The molecule has 0 aliphatic carbocycles. The molecule has 2 aromatic rings. The minimum absolute atomic E-state index is 0.703. The summed E-state index contributed by atoms with van der Waals surface area (Å²) in [7, 11) is 0. The van der Waals surface area contributed by atoms with Crippen LogP contribution in [0.25, 0.3) is 11.4 Å². The molecule has 4 heteroatoms. The van der Waals surface area contributed by atoms with Crippen LogP contribution >= 0.6 is 0 Å². The number of nitrogens with zero attached hydrogens (tertiary/aromatic N) is 2. The fourth-order valence-corrected chi connectivity index (χ4v) is 2.61. The van der Waals surface area contributed by atoms with Crippen molar-refractivity contribution in [2.75, 3.05) is 13.2 Å². The van der Waals surface area contributed by atoms with Gasteiger partial charge in [-0.15, -0.1) is 0 Å². The Morgan fingerprint density at radius 2 is 1.50 bits per heavy atom. The molecular weight excluding hydrogens is 324 g/mol. The molecule has 26 heavy (non-hydrogen) atoms. The largest absolute Gasteiger partial charge is 0.494 e. The first-order valence-electron chi connectivity index (χ1n) is 9.91. The van der Waals surface area contributed by atoms with E-state index in [4.69, 9.17) is 9.47 Å². The Labute approximate surface area is 158 Å². The molecule has 0 fully saturated rings. The van der Waals surface area contributed by atoms with Gasteiger partial charge in [-0.25, -0.2) is 9.97 Å². The van der Waals surface area contributed by atoms with E-state index in [0.717, 1.165) is 49.0 Å². The smallest absolute Gasteiger partial charge is 0.159 e. The first-order valence-corrected chi connectivity index (χ1v) is 9.91. The van der Waals surface area contributed by atoms with E-state index in [1.54, 1.807) is 12.4 Å². The Morgan fingerprint density at radius 1 is 0.846 bits per heavy atom. The molecule has 1 aromatic carbocycles. The zero-order valence-corrected chi connectivity index (χ0v) is 16.4. The summed E-state index contributed by atoms with van der Waals surface area (Å²) >= 11 is 0. The fraction of sp³-hybridized carbons (Fsp3) is 0.545. The average molecular weight is 357 g/mol.